The van der Waals surface area contributed by atoms with E-state index < -0.39 is 36.1 Å². The number of rotatable bonds is 9. The van der Waals surface area contributed by atoms with Crippen molar-refractivity contribution in [3.8, 4) is 0 Å². The molecule has 28 heavy (non-hydrogen) atoms. The largest absolute Gasteiger partial charge is 0.369 e. The number of sulfonamides is 1. The topological polar surface area (TPSA) is 170 Å². The van der Waals surface area contributed by atoms with Gasteiger partial charge in [-0.2, -0.15) is 4.98 Å². The second kappa shape index (κ2) is 9.18. The van der Waals surface area contributed by atoms with Crippen LogP contribution in [0, 0.1) is 20.2 Å². The lowest BCUT2D eigenvalue weighted by Gasteiger charge is -2.09. The van der Waals surface area contributed by atoms with Gasteiger partial charge in [0.25, 0.3) is 11.4 Å². The zero-order valence-electron chi connectivity index (χ0n) is 13.8. The first-order valence-electron chi connectivity index (χ1n) is 7.45. The zero-order valence-corrected chi connectivity index (χ0v) is 17.0. The molecular formula is C13H12BrClN6O6S. The molecule has 2 aromatic rings. The quantitative estimate of drug-likeness (QED) is 0.229. The molecule has 1 heterocycles. The van der Waals surface area contributed by atoms with Crippen LogP contribution in [-0.2, 0) is 10.0 Å². The number of benzene rings is 1. The van der Waals surface area contributed by atoms with Crippen LogP contribution in [0.25, 0.3) is 0 Å². The predicted molar refractivity (Wildman–Crippen MR) is 103 cm³/mol. The number of nitro benzene ring substituents is 2. The summed E-state index contributed by atoms with van der Waals surface area (Å²) in [6, 6.07) is 2.20. The molecule has 2 rings (SSSR count). The molecule has 0 atom stereocenters. The lowest BCUT2D eigenvalue weighted by molar-refractivity contribution is -0.394. The zero-order chi connectivity index (χ0) is 20.9. The Morgan fingerprint density at radius 2 is 1.71 bits per heavy atom. The maximum atomic E-state index is 12.3. The van der Waals surface area contributed by atoms with E-state index in [0.29, 0.717) is 29.3 Å². The standard InChI is InChI=1S/C13H12BrClN6O6S/c14-11-7-17-13(15)19-12(11)16-2-1-3-18-28(26,27)10-5-8(20(22)23)4-9(6-10)21(24)25/h4-7,18H,1-3H2,(H,16,17,19). The molecule has 2 N–H and O–H groups in total. The summed E-state index contributed by atoms with van der Waals surface area (Å²) in [7, 11) is -4.17. The molecule has 1 aromatic heterocycles. The van der Waals surface area contributed by atoms with Crippen LogP contribution in [0.1, 0.15) is 6.42 Å². The minimum absolute atomic E-state index is 0.0255. The molecule has 0 aliphatic carbocycles. The van der Waals surface area contributed by atoms with Crippen LogP contribution in [-0.4, -0.2) is 41.3 Å². The number of halogens is 2. The van der Waals surface area contributed by atoms with Gasteiger partial charge in [-0.3, -0.25) is 20.2 Å². The van der Waals surface area contributed by atoms with Gasteiger partial charge >= 0.3 is 0 Å². The normalized spacial score (nSPS) is 11.2. The molecule has 0 aliphatic rings. The second-order valence-corrected chi connectivity index (χ2v) is 8.17. The van der Waals surface area contributed by atoms with Crippen molar-refractivity contribution in [1.29, 1.82) is 0 Å². The molecule has 0 radical (unpaired) electrons. The number of non-ortho nitro benzene ring substituents is 2. The molecule has 0 spiro atoms. The van der Waals surface area contributed by atoms with E-state index in [1.54, 1.807) is 0 Å². The number of hydrogen-bond donors (Lipinski definition) is 2. The van der Waals surface area contributed by atoms with Crippen molar-refractivity contribution in [3.05, 3.63) is 54.4 Å². The maximum absolute atomic E-state index is 12.3. The predicted octanol–water partition coefficient (Wildman–Crippen LogP) is 2.49. The van der Waals surface area contributed by atoms with Gasteiger partial charge in [-0.05, 0) is 34.0 Å². The minimum Gasteiger partial charge on any atom is -0.369 e. The summed E-state index contributed by atoms with van der Waals surface area (Å²) in [4.78, 5) is 27.1. The van der Waals surface area contributed by atoms with Gasteiger partial charge in [0.05, 0.1) is 25.3 Å². The Bertz CT molecular complexity index is 988. The van der Waals surface area contributed by atoms with Gasteiger partial charge in [0.15, 0.2) is 0 Å². The second-order valence-electron chi connectivity index (χ2n) is 5.21. The molecule has 0 saturated carbocycles. The lowest BCUT2D eigenvalue weighted by Crippen LogP contribution is -2.26. The number of nitrogens with zero attached hydrogens (tertiary/aromatic N) is 4. The van der Waals surface area contributed by atoms with E-state index in [2.05, 4.69) is 35.9 Å². The number of aromatic nitrogens is 2. The Hall–Kier alpha value is -2.42. The van der Waals surface area contributed by atoms with E-state index in [-0.39, 0.29) is 11.8 Å². The first-order chi connectivity index (χ1) is 13.1. The van der Waals surface area contributed by atoms with Crippen LogP contribution in [0.5, 0.6) is 0 Å². The van der Waals surface area contributed by atoms with Crippen molar-refractivity contribution in [2.24, 2.45) is 0 Å². The number of hydrogen-bond acceptors (Lipinski definition) is 9. The SMILES string of the molecule is O=[N+]([O-])c1cc([N+](=O)[O-])cc(S(=O)(=O)NCCCNc2nc(Cl)ncc2Br)c1. The van der Waals surface area contributed by atoms with E-state index >= 15 is 0 Å². The Morgan fingerprint density at radius 1 is 1.11 bits per heavy atom. The Balaban J connectivity index is 2.01. The first kappa shape index (κ1) is 21.9. The van der Waals surface area contributed by atoms with Crippen molar-refractivity contribution in [2.45, 2.75) is 11.3 Å². The number of nitrogens with one attached hydrogen (secondary N) is 2. The van der Waals surface area contributed by atoms with E-state index in [0.717, 1.165) is 12.1 Å². The molecular weight excluding hydrogens is 484 g/mol. The third-order valence-electron chi connectivity index (χ3n) is 3.26. The fourth-order valence-corrected chi connectivity index (χ4v) is 3.58. The summed E-state index contributed by atoms with van der Waals surface area (Å²) >= 11 is 8.92. The van der Waals surface area contributed by atoms with Crippen LogP contribution in [0.4, 0.5) is 17.2 Å². The van der Waals surface area contributed by atoms with Crippen LogP contribution >= 0.6 is 27.5 Å². The van der Waals surface area contributed by atoms with Crippen molar-refractivity contribution in [3.63, 3.8) is 0 Å². The van der Waals surface area contributed by atoms with E-state index in [1.807, 2.05) is 0 Å². The average Bonchev–Trinajstić information content (AvgIpc) is 2.63. The van der Waals surface area contributed by atoms with Crippen molar-refractivity contribution < 1.29 is 18.3 Å². The Kier molecular flexibility index (Phi) is 7.17. The van der Waals surface area contributed by atoms with Crippen molar-refractivity contribution in [2.75, 3.05) is 18.4 Å². The molecule has 0 aliphatic heterocycles. The number of nitro groups is 2. The van der Waals surface area contributed by atoms with Crippen molar-refractivity contribution >= 4 is 54.7 Å². The minimum atomic E-state index is -4.17. The summed E-state index contributed by atoms with van der Waals surface area (Å²) in [5.74, 6) is 0.428. The fourth-order valence-electron chi connectivity index (χ4n) is 1.99. The van der Waals surface area contributed by atoms with Gasteiger partial charge in [0, 0.05) is 31.4 Å². The summed E-state index contributed by atoms with van der Waals surface area (Å²) in [5, 5.41) is 24.7. The smallest absolute Gasteiger partial charge is 0.277 e. The molecule has 1 aromatic carbocycles. The molecule has 0 saturated heterocycles. The molecule has 150 valence electrons. The highest BCUT2D eigenvalue weighted by atomic mass is 79.9. The monoisotopic (exact) mass is 494 g/mol. The van der Waals surface area contributed by atoms with Gasteiger partial charge in [-0.1, -0.05) is 0 Å². The summed E-state index contributed by atoms with van der Waals surface area (Å²) in [6.45, 7) is 0.297. The Morgan fingerprint density at radius 3 is 2.29 bits per heavy atom. The maximum Gasteiger partial charge on any atom is 0.277 e. The highest BCUT2D eigenvalue weighted by Crippen LogP contribution is 2.25. The lowest BCUT2D eigenvalue weighted by atomic mass is 10.3. The van der Waals surface area contributed by atoms with Crippen molar-refractivity contribution in [1.82, 2.24) is 14.7 Å². The van der Waals surface area contributed by atoms with Crippen LogP contribution in [0.2, 0.25) is 5.28 Å². The van der Waals surface area contributed by atoms with E-state index in [1.165, 1.54) is 6.20 Å². The van der Waals surface area contributed by atoms with E-state index in [9.17, 15) is 28.6 Å². The van der Waals surface area contributed by atoms with Crippen LogP contribution in [0.3, 0.4) is 0 Å². The van der Waals surface area contributed by atoms with Gasteiger partial charge in [0.1, 0.15) is 5.82 Å². The Labute approximate surface area is 171 Å². The summed E-state index contributed by atoms with van der Waals surface area (Å²) in [5.41, 5.74) is -1.39. The van der Waals surface area contributed by atoms with Crippen LogP contribution in [0.15, 0.2) is 33.8 Å². The summed E-state index contributed by atoms with van der Waals surface area (Å²) in [6.07, 6.45) is 1.78. The van der Waals surface area contributed by atoms with E-state index in [4.69, 9.17) is 11.6 Å². The van der Waals surface area contributed by atoms with Crippen LogP contribution < -0.4 is 10.0 Å². The molecule has 0 bridgehead atoms. The van der Waals surface area contributed by atoms with Gasteiger partial charge in [-0.15, -0.1) is 0 Å². The van der Waals surface area contributed by atoms with Gasteiger partial charge < -0.3 is 5.32 Å². The highest BCUT2D eigenvalue weighted by Gasteiger charge is 2.23. The highest BCUT2D eigenvalue weighted by molar-refractivity contribution is 9.10. The molecule has 15 heteroatoms. The number of anilines is 1. The van der Waals surface area contributed by atoms with Gasteiger partial charge in [0.2, 0.25) is 15.3 Å². The average molecular weight is 496 g/mol. The first-order valence-corrected chi connectivity index (χ1v) is 10.1. The summed E-state index contributed by atoms with van der Waals surface area (Å²) < 4.78 is 27.4. The van der Waals surface area contributed by atoms with Gasteiger partial charge in [-0.25, -0.2) is 18.1 Å². The molecule has 12 nitrogen and oxygen atoms in total. The molecule has 0 fully saturated rings. The molecule has 0 amide bonds. The third kappa shape index (κ3) is 5.79. The fraction of sp³-hybridized carbons (Fsp3) is 0.231. The third-order valence-corrected chi connectivity index (χ3v) is 5.46. The molecule has 0 unspecified atom stereocenters.